The van der Waals surface area contributed by atoms with Crippen molar-refractivity contribution in [2.45, 2.75) is 6.10 Å². The topological polar surface area (TPSA) is 100 Å². The van der Waals surface area contributed by atoms with E-state index < -0.39 is 12.1 Å². The lowest BCUT2D eigenvalue weighted by Crippen LogP contribution is -2.20. The molecule has 36 heavy (non-hydrogen) atoms. The van der Waals surface area contributed by atoms with Gasteiger partial charge in [-0.1, -0.05) is 54.1 Å². The molecule has 7 heteroatoms. The summed E-state index contributed by atoms with van der Waals surface area (Å²) in [5, 5.41) is 18.7. The van der Waals surface area contributed by atoms with Crippen LogP contribution in [0.5, 0.6) is 11.5 Å². The van der Waals surface area contributed by atoms with Gasteiger partial charge in [0.2, 0.25) is 5.78 Å². The highest BCUT2D eigenvalue weighted by Gasteiger charge is 2.27. The second kappa shape index (κ2) is 11.0. The van der Waals surface area contributed by atoms with Crippen molar-refractivity contribution in [3.8, 4) is 23.6 Å². The number of hydrogen-bond donors (Lipinski definition) is 0. The van der Waals surface area contributed by atoms with Crippen LogP contribution >= 0.6 is 11.6 Å². The molecule has 0 aliphatic rings. The minimum atomic E-state index is -1.16. The summed E-state index contributed by atoms with van der Waals surface area (Å²) in [6, 6.07) is 29.7. The summed E-state index contributed by atoms with van der Waals surface area (Å²) in [4.78, 5) is 26.1. The fourth-order valence-corrected chi connectivity index (χ4v) is 3.54. The Hall–Kier alpha value is -4.91. The van der Waals surface area contributed by atoms with Crippen molar-refractivity contribution in [1.29, 1.82) is 10.5 Å². The van der Waals surface area contributed by atoms with Gasteiger partial charge in [-0.05, 0) is 54.6 Å². The maximum Gasteiger partial charge on any atom is 0.339 e. The third-order valence-electron chi connectivity index (χ3n) is 5.25. The van der Waals surface area contributed by atoms with Crippen LogP contribution in [0.15, 0.2) is 97.1 Å². The van der Waals surface area contributed by atoms with Crippen LogP contribution in [-0.4, -0.2) is 11.8 Å². The van der Waals surface area contributed by atoms with E-state index in [1.54, 1.807) is 72.8 Å². The average Bonchev–Trinajstić information content (AvgIpc) is 2.92. The van der Waals surface area contributed by atoms with E-state index in [-0.39, 0.29) is 22.5 Å². The van der Waals surface area contributed by atoms with Gasteiger partial charge in [-0.2, -0.15) is 10.5 Å². The van der Waals surface area contributed by atoms with Crippen LogP contribution in [-0.2, 0) is 4.74 Å². The fraction of sp³-hybridized carbons (Fsp3) is 0.0345. The smallest absolute Gasteiger partial charge is 0.339 e. The summed E-state index contributed by atoms with van der Waals surface area (Å²) >= 11 is 5.98. The molecule has 0 unspecified atom stereocenters. The number of nitriles is 2. The van der Waals surface area contributed by atoms with Crippen LogP contribution < -0.4 is 4.74 Å². The van der Waals surface area contributed by atoms with Crippen LogP contribution in [0.25, 0.3) is 0 Å². The molecule has 4 aromatic carbocycles. The number of carbonyl (C=O) groups excluding carboxylic acids is 2. The van der Waals surface area contributed by atoms with Gasteiger partial charge < -0.3 is 9.47 Å². The Balaban J connectivity index is 1.53. The maximum absolute atomic E-state index is 13.2. The Kier molecular flexibility index (Phi) is 7.41. The predicted molar refractivity (Wildman–Crippen MR) is 133 cm³/mol. The van der Waals surface area contributed by atoms with E-state index in [1.165, 1.54) is 24.3 Å². The molecule has 0 aromatic heterocycles. The molecule has 0 bridgehead atoms. The number of ketones is 1. The second-order valence-corrected chi connectivity index (χ2v) is 8.06. The normalized spacial score (nSPS) is 11.0. The second-order valence-electron chi connectivity index (χ2n) is 7.62. The maximum atomic E-state index is 13.2. The molecule has 4 aromatic rings. The average molecular weight is 493 g/mol. The molecule has 0 saturated carbocycles. The minimum Gasteiger partial charge on any atom is -0.457 e. The summed E-state index contributed by atoms with van der Waals surface area (Å²) in [6.07, 6.45) is -1.16. The number of Topliss-reactive ketones (excluding diaryl/α,β-unsaturated/α-hetero) is 1. The number of esters is 1. The summed E-state index contributed by atoms with van der Waals surface area (Å²) in [7, 11) is 0. The molecule has 0 radical (unpaired) electrons. The van der Waals surface area contributed by atoms with E-state index >= 15 is 0 Å². The summed E-state index contributed by atoms with van der Waals surface area (Å²) in [5.41, 5.74) is 1.58. The lowest BCUT2D eigenvalue weighted by molar-refractivity contribution is 0.0280. The molecule has 1 atom stereocenters. The Bertz CT molecular complexity index is 1490. The van der Waals surface area contributed by atoms with Gasteiger partial charge in [-0.15, -0.1) is 0 Å². The van der Waals surface area contributed by atoms with Crippen LogP contribution in [0.2, 0.25) is 5.02 Å². The Morgan fingerprint density at radius 3 is 2.00 bits per heavy atom. The molecular weight excluding hydrogens is 476 g/mol. The number of halogens is 1. The van der Waals surface area contributed by atoms with Crippen molar-refractivity contribution >= 4 is 23.4 Å². The van der Waals surface area contributed by atoms with Crippen molar-refractivity contribution in [1.82, 2.24) is 0 Å². The number of carbonyl (C=O) groups is 2. The van der Waals surface area contributed by atoms with Gasteiger partial charge in [0.25, 0.3) is 0 Å². The Morgan fingerprint density at radius 1 is 0.722 bits per heavy atom. The monoisotopic (exact) mass is 492 g/mol. The third-order valence-corrected chi connectivity index (χ3v) is 5.50. The Morgan fingerprint density at radius 2 is 1.36 bits per heavy atom. The number of benzene rings is 4. The van der Waals surface area contributed by atoms with Crippen molar-refractivity contribution in [2.75, 3.05) is 0 Å². The molecular formula is C29H17ClN2O4. The Labute approximate surface area is 212 Å². The predicted octanol–water partition coefficient (Wildman–Crippen LogP) is 6.66. The molecule has 0 fully saturated rings. The molecule has 6 nitrogen and oxygen atoms in total. The third kappa shape index (κ3) is 5.59. The highest BCUT2D eigenvalue weighted by Crippen LogP contribution is 2.27. The lowest BCUT2D eigenvalue weighted by atomic mass is 9.99. The zero-order valence-corrected chi connectivity index (χ0v) is 19.5. The van der Waals surface area contributed by atoms with Gasteiger partial charge >= 0.3 is 5.97 Å². The number of ether oxygens (including phenoxy) is 2. The standard InChI is InChI=1S/C29H17ClN2O4/c30-24-11-6-20(7-12-24)28(27(33)19-4-2-1-3-5-19)36-29(34)21-8-13-25(14-9-21)35-26-15-10-22(17-31)23(16-26)18-32/h1-16,28H/t28-/m1/s1. The zero-order chi connectivity index (χ0) is 25.5. The molecule has 174 valence electrons. The van der Waals surface area contributed by atoms with Crippen LogP contribution in [0.1, 0.15) is 43.5 Å². The van der Waals surface area contributed by atoms with Crippen molar-refractivity contribution in [3.63, 3.8) is 0 Å². The van der Waals surface area contributed by atoms with E-state index in [9.17, 15) is 14.9 Å². The van der Waals surface area contributed by atoms with Crippen molar-refractivity contribution < 1.29 is 19.1 Å². The zero-order valence-electron chi connectivity index (χ0n) is 18.7. The largest absolute Gasteiger partial charge is 0.457 e. The van der Waals surface area contributed by atoms with E-state index in [0.29, 0.717) is 27.6 Å². The SMILES string of the molecule is N#Cc1ccc(Oc2ccc(C(=O)O[C@@H](C(=O)c3ccccc3)c3ccc(Cl)cc3)cc2)cc1C#N. The first-order valence-corrected chi connectivity index (χ1v) is 11.1. The van der Waals surface area contributed by atoms with Gasteiger partial charge in [0, 0.05) is 16.1 Å². The highest BCUT2D eigenvalue weighted by atomic mass is 35.5. The molecule has 0 amide bonds. The van der Waals surface area contributed by atoms with Crippen molar-refractivity contribution in [2.24, 2.45) is 0 Å². The molecule has 0 heterocycles. The molecule has 0 aliphatic heterocycles. The summed E-state index contributed by atoms with van der Waals surface area (Å²) < 4.78 is 11.4. The minimum absolute atomic E-state index is 0.200. The first kappa shape index (κ1) is 24.2. The van der Waals surface area contributed by atoms with Gasteiger partial charge in [0.05, 0.1) is 16.7 Å². The summed E-state index contributed by atoms with van der Waals surface area (Å²) in [5.74, 6) is -0.261. The lowest BCUT2D eigenvalue weighted by Gasteiger charge is -2.18. The van der Waals surface area contributed by atoms with Gasteiger partial charge in [0.1, 0.15) is 23.6 Å². The van der Waals surface area contributed by atoms with Crippen molar-refractivity contribution in [3.05, 3.63) is 130 Å². The number of rotatable bonds is 7. The molecule has 4 rings (SSSR count). The van der Waals surface area contributed by atoms with E-state index in [4.69, 9.17) is 26.3 Å². The first-order chi connectivity index (χ1) is 17.5. The quantitative estimate of drug-likeness (QED) is 0.211. The number of hydrogen-bond acceptors (Lipinski definition) is 6. The number of nitrogens with zero attached hydrogens (tertiary/aromatic N) is 2. The first-order valence-electron chi connectivity index (χ1n) is 10.8. The van der Waals surface area contributed by atoms with Crippen LogP contribution in [0.4, 0.5) is 0 Å². The van der Waals surface area contributed by atoms with Crippen LogP contribution in [0.3, 0.4) is 0 Å². The van der Waals surface area contributed by atoms with Crippen LogP contribution in [0, 0.1) is 22.7 Å². The molecule has 0 spiro atoms. The summed E-state index contributed by atoms with van der Waals surface area (Å²) in [6.45, 7) is 0. The van der Waals surface area contributed by atoms with E-state index in [0.717, 1.165) is 0 Å². The van der Waals surface area contributed by atoms with Gasteiger partial charge in [-0.3, -0.25) is 4.79 Å². The fourth-order valence-electron chi connectivity index (χ4n) is 3.41. The van der Waals surface area contributed by atoms with Gasteiger partial charge in [-0.25, -0.2) is 4.79 Å². The molecule has 0 N–H and O–H groups in total. The van der Waals surface area contributed by atoms with Gasteiger partial charge in [0.15, 0.2) is 6.10 Å². The van der Waals surface area contributed by atoms with E-state index in [2.05, 4.69) is 0 Å². The molecule has 0 aliphatic carbocycles. The highest BCUT2D eigenvalue weighted by molar-refractivity contribution is 6.30. The van der Waals surface area contributed by atoms with E-state index in [1.807, 2.05) is 12.1 Å². The molecule has 0 saturated heterocycles.